The van der Waals surface area contributed by atoms with Crippen molar-refractivity contribution in [3.05, 3.63) is 118 Å². The summed E-state index contributed by atoms with van der Waals surface area (Å²) in [6, 6.07) is 21.9. The number of nitrogens with zero attached hydrogens (tertiary/aromatic N) is 2. The minimum absolute atomic E-state index is 0.185. The molecule has 3 aromatic carbocycles. The molecule has 0 fully saturated rings. The van der Waals surface area contributed by atoms with Crippen LogP contribution >= 0.6 is 15.9 Å². The summed E-state index contributed by atoms with van der Waals surface area (Å²) in [4.78, 5) is 16.0. The zero-order chi connectivity index (χ0) is 26.4. The van der Waals surface area contributed by atoms with E-state index in [0.717, 1.165) is 15.6 Å². The van der Waals surface area contributed by atoms with E-state index >= 15 is 0 Å². The highest BCUT2D eigenvalue weighted by atomic mass is 79.9. The highest BCUT2D eigenvalue weighted by Gasteiger charge is 2.26. The molecule has 2 atom stereocenters. The van der Waals surface area contributed by atoms with Crippen molar-refractivity contribution in [2.45, 2.75) is 36.4 Å². The van der Waals surface area contributed by atoms with Crippen LogP contribution in [-0.4, -0.2) is 39.6 Å². The number of carboxylic acids is 1. The van der Waals surface area contributed by atoms with Gasteiger partial charge in [0.2, 0.25) is 0 Å². The van der Waals surface area contributed by atoms with Gasteiger partial charge in [0.05, 0.1) is 23.0 Å². The maximum atomic E-state index is 12.2. The van der Waals surface area contributed by atoms with E-state index in [4.69, 9.17) is 0 Å². The Kier molecular flexibility index (Phi) is 8.55. The van der Waals surface area contributed by atoms with Gasteiger partial charge in [-0.2, -0.15) is 8.42 Å². The number of carboxylic acid groups (broad SMARTS) is 1. The molecule has 10 heteroatoms. The first kappa shape index (κ1) is 26.7. The second kappa shape index (κ2) is 11.8. The standard InChI is InChI=1S/C27H26BrN3O5S/c28-23-12-6-4-10-20(23)15-25(22-11-5-7-13-26(22)37(34,35)36)31-18-29-16-21(31)17-30-24(27(32)33)14-19-8-2-1-3-9-19/h1-13,16,18,24-25,30H,14-15,17H2,(H,32,33)(H,34,35,36)/t24-,25?/m0/s1. The van der Waals surface area contributed by atoms with E-state index in [2.05, 4.69) is 26.2 Å². The Morgan fingerprint density at radius 3 is 2.35 bits per heavy atom. The first-order chi connectivity index (χ1) is 17.7. The third kappa shape index (κ3) is 6.72. The van der Waals surface area contributed by atoms with E-state index in [0.29, 0.717) is 24.1 Å². The van der Waals surface area contributed by atoms with Crippen molar-refractivity contribution in [3.8, 4) is 0 Å². The van der Waals surface area contributed by atoms with E-state index in [-0.39, 0.29) is 11.4 Å². The van der Waals surface area contributed by atoms with Crippen LogP contribution in [0.1, 0.15) is 28.4 Å². The zero-order valence-electron chi connectivity index (χ0n) is 19.7. The lowest BCUT2D eigenvalue weighted by Gasteiger charge is -2.25. The fourth-order valence-corrected chi connectivity index (χ4v) is 5.49. The number of benzene rings is 3. The summed E-state index contributed by atoms with van der Waals surface area (Å²) in [7, 11) is -4.50. The van der Waals surface area contributed by atoms with Gasteiger partial charge in [0, 0.05) is 17.2 Å². The average Bonchev–Trinajstić information content (AvgIpc) is 3.34. The van der Waals surface area contributed by atoms with Gasteiger partial charge in [0.15, 0.2) is 0 Å². The quantitative estimate of drug-likeness (QED) is 0.222. The summed E-state index contributed by atoms with van der Waals surface area (Å²) in [6.07, 6.45) is 3.91. The van der Waals surface area contributed by atoms with Crippen molar-refractivity contribution in [1.29, 1.82) is 0 Å². The van der Waals surface area contributed by atoms with Crippen molar-refractivity contribution in [2.24, 2.45) is 0 Å². The number of halogens is 1. The van der Waals surface area contributed by atoms with E-state index in [9.17, 15) is 22.9 Å². The SMILES string of the molecule is O=C(O)[C@H](Cc1ccccc1)NCc1cncn1C(Cc1ccccc1Br)c1ccccc1S(=O)(=O)O. The van der Waals surface area contributed by atoms with Gasteiger partial charge in [0.1, 0.15) is 6.04 Å². The van der Waals surface area contributed by atoms with E-state index in [1.54, 1.807) is 30.7 Å². The van der Waals surface area contributed by atoms with Crippen LogP contribution in [0.5, 0.6) is 0 Å². The Morgan fingerprint density at radius 2 is 1.65 bits per heavy atom. The fraction of sp³-hybridized carbons (Fsp3) is 0.185. The molecule has 0 spiro atoms. The predicted molar refractivity (Wildman–Crippen MR) is 143 cm³/mol. The lowest BCUT2D eigenvalue weighted by atomic mass is 9.98. The molecular weight excluding hydrogens is 558 g/mol. The van der Waals surface area contributed by atoms with Gasteiger partial charge < -0.3 is 9.67 Å². The van der Waals surface area contributed by atoms with Gasteiger partial charge in [-0.05, 0) is 41.7 Å². The molecule has 4 aromatic rings. The molecule has 0 bridgehead atoms. The number of aliphatic carboxylic acids is 1. The van der Waals surface area contributed by atoms with Gasteiger partial charge >= 0.3 is 5.97 Å². The zero-order valence-corrected chi connectivity index (χ0v) is 22.1. The van der Waals surface area contributed by atoms with Gasteiger partial charge in [0.25, 0.3) is 10.1 Å². The molecule has 3 N–H and O–H groups in total. The van der Waals surface area contributed by atoms with Crippen LogP contribution in [0, 0.1) is 0 Å². The molecular formula is C27H26BrN3O5S. The highest BCUT2D eigenvalue weighted by molar-refractivity contribution is 9.10. The number of aromatic nitrogens is 2. The second-order valence-corrected chi connectivity index (χ2v) is 10.8. The third-order valence-corrected chi connectivity index (χ3v) is 7.82. The first-order valence-corrected chi connectivity index (χ1v) is 13.8. The third-order valence-electron chi connectivity index (χ3n) is 6.12. The minimum atomic E-state index is -4.50. The van der Waals surface area contributed by atoms with Crippen molar-refractivity contribution in [3.63, 3.8) is 0 Å². The van der Waals surface area contributed by atoms with Crippen LogP contribution in [0.2, 0.25) is 0 Å². The molecule has 0 radical (unpaired) electrons. The summed E-state index contributed by atoms with van der Waals surface area (Å²) >= 11 is 3.56. The average molecular weight is 584 g/mol. The Bertz CT molecular complexity index is 1470. The lowest BCUT2D eigenvalue weighted by molar-refractivity contribution is -0.139. The fourth-order valence-electron chi connectivity index (χ4n) is 4.30. The number of carbonyl (C=O) groups is 1. The Labute approximate surface area is 223 Å². The molecule has 0 aliphatic heterocycles. The topological polar surface area (TPSA) is 122 Å². The Hall–Kier alpha value is -3.31. The molecule has 0 aliphatic carbocycles. The van der Waals surface area contributed by atoms with E-state index in [1.807, 2.05) is 59.2 Å². The lowest BCUT2D eigenvalue weighted by Crippen LogP contribution is -2.38. The van der Waals surface area contributed by atoms with Crippen molar-refractivity contribution < 1.29 is 22.9 Å². The maximum Gasteiger partial charge on any atom is 0.321 e. The number of rotatable bonds is 11. The molecule has 1 aromatic heterocycles. The molecule has 0 aliphatic rings. The number of nitrogens with one attached hydrogen (secondary N) is 1. The van der Waals surface area contributed by atoms with E-state index < -0.39 is 28.2 Å². The molecule has 4 rings (SSSR count). The van der Waals surface area contributed by atoms with Gasteiger partial charge in [-0.25, -0.2) is 4.98 Å². The Morgan fingerprint density at radius 1 is 0.973 bits per heavy atom. The van der Waals surface area contributed by atoms with Crippen LogP contribution in [0.3, 0.4) is 0 Å². The van der Waals surface area contributed by atoms with Crippen molar-refractivity contribution >= 4 is 32.0 Å². The molecule has 1 unspecified atom stereocenters. The molecule has 0 saturated heterocycles. The monoisotopic (exact) mass is 583 g/mol. The second-order valence-electron chi connectivity index (χ2n) is 8.58. The molecule has 192 valence electrons. The number of hydrogen-bond acceptors (Lipinski definition) is 5. The summed E-state index contributed by atoms with van der Waals surface area (Å²) in [5.74, 6) is -0.976. The maximum absolute atomic E-state index is 12.2. The first-order valence-electron chi connectivity index (χ1n) is 11.5. The summed E-state index contributed by atoms with van der Waals surface area (Å²) in [5, 5.41) is 12.9. The Balaban J connectivity index is 1.69. The predicted octanol–water partition coefficient (Wildman–Crippen LogP) is 4.51. The highest BCUT2D eigenvalue weighted by Crippen LogP contribution is 2.32. The van der Waals surface area contributed by atoms with Crippen LogP contribution in [0.4, 0.5) is 0 Å². The van der Waals surface area contributed by atoms with Crippen molar-refractivity contribution in [2.75, 3.05) is 0 Å². The summed E-state index contributed by atoms with van der Waals surface area (Å²) < 4.78 is 37.1. The molecule has 1 heterocycles. The number of imidazole rings is 1. The molecule has 0 saturated carbocycles. The summed E-state index contributed by atoms with van der Waals surface area (Å²) in [6.45, 7) is 0.185. The number of hydrogen-bond donors (Lipinski definition) is 3. The van der Waals surface area contributed by atoms with Crippen LogP contribution < -0.4 is 5.32 Å². The largest absolute Gasteiger partial charge is 0.480 e. The summed E-state index contributed by atoms with van der Waals surface area (Å²) in [5.41, 5.74) is 2.89. The van der Waals surface area contributed by atoms with Gasteiger partial charge in [-0.1, -0.05) is 82.7 Å². The minimum Gasteiger partial charge on any atom is -0.480 e. The normalized spacial score (nSPS) is 13.2. The van der Waals surface area contributed by atoms with E-state index in [1.165, 1.54) is 6.07 Å². The van der Waals surface area contributed by atoms with Crippen LogP contribution in [-0.2, 0) is 34.3 Å². The van der Waals surface area contributed by atoms with Crippen LogP contribution in [0.25, 0.3) is 0 Å². The van der Waals surface area contributed by atoms with Crippen molar-refractivity contribution in [1.82, 2.24) is 14.9 Å². The van der Waals surface area contributed by atoms with Crippen LogP contribution in [0.15, 0.2) is 101 Å². The molecule has 8 nitrogen and oxygen atoms in total. The van der Waals surface area contributed by atoms with Gasteiger partial charge in [-0.15, -0.1) is 0 Å². The molecule has 37 heavy (non-hydrogen) atoms. The smallest absolute Gasteiger partial charge is 0.321 e. The van der Waals surface area contributed by atoms with Gasteiger partial charge in [-0.3, -0.25) is 14.7 Å². The molecule has 0 amide bonds.